The molecule has 4 rings (SSSR count). The van der Waals surface area contributed by atoms with E-state index in [9.17, 15) is 14.7 Å². The predicted octanol–water partition coefficient (Wildman–Crippen LogP) is 1.76. The number of hydrogen-bond donors (Lipinski definition) is 2. The second-order valence-corrected chi connectivity index (χ2v) is 7.17. The molecule has 2 aromatic heterocycles. The molecule has 0 unspecified atom stereocenters. The molecule has 1 aromatic carbocycles. The molecule has 7 nitrogen and oxygen atoms in total. The van der Waals surface area contributed by atoms with Crippen molar-refractivity contribution in [2.45, 2.75) is 0 Å². The van der Waals surface area contributed by atoms with Gasteiger partial charge in [-0.05, 0) is 18.2 Å². The van der Waals surface area contributed by atoms with Crippen molar-refractivity contribution in [3.05, 3.63) is 64.5 Å². The van der Waals surface area contributed by atoms with Crippen LogP contribution in [-0.2, 0) is 0 Å². The average molecular weight is 383 g/mol. The van der Waals surface area contributed by atoms with E-state index < -0.39 is 22.8 Å². The molecule has 1 saturated heterocycles. The number of pyridine rings is 2. The quantitative estimate of drug-likeness (QED) is 0.674. The fourth-order valence-electron chi connectivity index (χ4n) is 3.74. The molecule has 0 bridgehead atoms. The van der Waals surface area contributed by atoms with Crippen LogP contribution in [0.4, 0.5) is 10.1 Å². The van der Waals surface area contributed by atoms with Gasteiger partial charge in [-0.1, -0.05) is 0 Å². The number of likely N-dealkylation sites (N-methyl/N-ethyl adjacent to an activating group) is 1. The van der Waals surface area contributed by atoms with Crippen LogP contribution in [0.1, 0.15) is 10.4 Å². The predicted molar refractivity (Wildman–Crippen MR) is 105 cm³/mol. The van der Waals surface area contributed by atoms with Gasteiger partial charge in [0.15, 0.2) is 11.5 Å². The van der Waals surface area contributed by atoms with Crippen molar-refractivity contribution in [2.24, 2.45) is 0 Å². The lowest BCUT2D eigenvalue weighted by molar-refractivity contribution is 0.0695. The molecule has 144 valence electrons. The largest absolute Gasteiger partial charge is 0.477 e. The van der Waals surface area contributed by atoms with Crippen LogP contribution in [-0.4, -0.2) is 53.9 Å². The molecule has 1 fully saturated rings. The third-order valence-electron chi connectivity index (χ3n) is 5.37. The lowest BCUT2D eigenvalue weighted by atomic mass is 10.1. The minimum Gasteiger partial charge on any atom is -0.477 e. The van der Waals surface area contributed by atoms with Crippen LogP contribution in [0.3, 0.4) is 0 Å². The summed E-state index contributed by atoms with van der Waals surface area (Å²) in [4.78, 5) is 28.3. The number of carboxylic acids is 1. The number of nitrogens with one attached hydrogen (secondary N) is 1. The molecule has 0 radical (unpaired) electrons. The van der Waals surface area contributed by atoms with E-state index in [0.29, 0.717) is 34.5 Å². The third kappa shape index (κ3) is 2.96. The highest BCUT2D eigenvalue weighted by molar-refractivity contribution is 5.94. The van der Waals surface area contributed by atoms with E-state index in [1.165, 1.54) is 6.20 Å². The number of fused-ring (bicyclic) bond motifs is 1. The van der Waals surface area contributed by atoms with Crippen LogP contribution in [0.15, 0.2) is 47.7 Å². The van der Waals surface area contributed by atoms with Gasteiger partial charge in [-0.3, -0.25) is 14.3 Å². The number of benzene rings is 1. The molecule has 0 aliphatic carbocycles. The second kappa shape index (κ2) is 6.81. The van der Waals surface area contributed by atoms with Gasteiger partial charge in [0.25, 0.3) is 0 Å². The van der Waals surface area contributed by atoms with Gasteiger partial charge in [0, 0.05) is 31.5 Å². The zero-order valence-corrected chi connectivity index (χ0v) is 15.4. The monoisotopic (exact) mass is 383 g/mol. The topological polar surface area (TPSA) is 84.2 Å². The van der Waals surface area contributed by atoms with E-state index in [2.05, 4.69) is 10.3 Å². The summed E-state index contributed by atoms with van der Waals surface area (Å²) in [5.74, 6) is -1.86. The van der Waals surface area contributed by atoms with Crippen molar-refractivity contribution < 1.29 is 14.3 Å². The number of aromatic carboxylic acids is 1. The first-order chi connectivity index (χ1) is 13.4. The van der Waals surface area contributed by atoms with Crippen molar-refractivity contribution in [1.82, 2.24) is 19.4 Å². The lowest BCUT2D eigenvalue weighted by Crippen LogP contribution is -2.57. The Kier molecular flexibility index (Phi) is 4.44. The van der Waals surface area contributed by atoms with Crippen molar-refractivity contribution in [2.75, 3.05) is 33.2 Å². The molecule has 1 aliphatic rings. The number of rotatable bonds is 3. The maximum atomic E-state index is 15.1. The highest BCUT2D eigenvalue weighted by atomic mass is 19.1. The Balaban J connectivity index is 2.06. The van der Waals surface area contributed by atoms with Crippen LogP contribution in [0.5, 0.6) is 0 Å². The Hall–Kier alpha value is -3.10. The fraction of sp³-hybridized carbons (Fsp3) is 0.250. The fourth-order valence-corrected chi connectivity index (χ4v) is 3.74. The standard InChI is InChI=1S/C20H19FN4O3/c1-25(7-5-22-6-8-25)18-10-17-14(9-16(18)21)19(26)15(20(27)28)12-24(17)13-3-2-4-23-11-13/h2-4,9-12,22H,5-8H2,1H3/p+1. The number of aromatic nitrogens is 2. The zero-order valence-electron chi connectivity index (χ0n) is 15.4. The van der Waals surface area contributed by atoms with E-state index in [1.807, 2.05) is 7.05 Å². The van der Waals surface area contributed by atoms with E-state index in [1.54, 1.807) is 35.2 Å². The summed E-state index contributed by atoms with van der Waals surface area (Å²) in [7, 11) is 1.96. The summed E-state index contributed by atoms with van der Waals surface area (Å²) < 4.78 is 17.0. The molecule has 0 atom stereocenters. The molecule has 28 heavy (non-hydrogen) atoms. The van der Waals surface area contributed by atoms with E-state index >= 15 is 4.39 Å². The SMILES string of the molecule is C[N+]1(c2cc3c(cc2F)c(=O)c(C(=O)O)cn3-c2cccnc2)CCNCC1. The molecule has 0 amide bonds. The summed E-state index contributed by atoms with van der Waals surface area (Å²) >= 11 is 0. The Labute approximate surface area is 160 Å². The Morgan fingerprint density at radius 3 is 2.71 bits per heavy atom. The van der Waals surface area contributed by atoms with Crippen LogP contribution < -0.4 is 15.2 Å². The van der Waals surface area contributed by atoms with E-state index in [-0.39, 0.29) is 5.39 Å². The maximum absolute atomic E-state index is 15.1. The number of piperazine rings is 1. The number of carbonyl (C=O) groups is 1. The number of carboxylic acid groups (broad SMARTS) is 1. The molecule has 1 aliphatic heterocycles. The highest BCUT2D eigenvalue weighted by Gasteiger charge is 2.32. The number of halogens is 1. The van der Waals surface area contributed by atoms with Crippen LogP contribution in [0, 0.1) is 5.82 Å². The van der Waals surface area contributed by atoms with Gasteiger partial charge in [-0.15, -0.1) is 0 Å². The first-order valence-electron chi connectivity index (χ1n) is 8.99. The molecule has 0 spiro atoms. The Bertz CT molecular complexity index is 1120. The van der Waals surface area contributed by atoms with Gasteiger partial charge < -0.3 is 15.0 Å². The molecular formula is C20H20FN4O3+. The molecule has 0 saturated carbocycles. The third-order valence-corrected chi connectivity index (χ3v) is 5.37. The Morgan fingerprint density at radius 2 is 2.07 bits per heavy atom. The summed E-state index contributed by atoms with van der Waals surface area (Å²) in [5.41, 5.74) is 0.420. The van der Waals surface area contributed by atoms with Crippen LogP contribution >= 0.6 is 0 Å². The van der Waals surface area contributed by atoms with Crippen molar-refractivity contribution >= 4 is 22.6 Å². The van der Waals surface area contributed by atoms with Crippen LogP contribution in [0.25, 0.3) is 16.6 Å². The van der Waals surface area contributed by atoms with Crippen LogP contribution in [0.2, 0.25) is 0 Å². The van der Waals surface area contributed by atoms with Gasteiger partial charge in [-0.2, -0.15) is 0 Å². The maximum Gasteiger partial charge on any atom is 0.341 e. The lowest BCUT2D eigenvalue weighted by Gasteiger charge is -2.37. The van der Waals surface area contributed by atoms with Crippen molar-refractivity contribution in [3.8, 4) is 5.69 Å². The normalized spacial score (nSPS) is 16.2. The Morgan fingerprint density at radius 1 is 1.32 bits per heavy atom. The van der Waals surface area contributed by atoms with E-state index in [4.69, 9.17) is 0 Å². The van der Waals surface area contributed by atoms with E-state index in [0.717, 1.165) is 19.2 Å². The molecule has 8 heteroatoms. The van der Waals surface area contributed by atoms with Gasteiger partial charge in [0.2, 0.25) is 5.43 Å². The van der Waals surface area contributed by atoms with Gasteiger partial charge in [-0.25, -0.2) is 9.18 Å². The number of hydrogen-bond acceptors (Lipinski definition) is 4. The summed E-state index contributed by atoms with van der Waals surface area (Å²) in [6, 6.07) is 6.30. The molecule has 3 heterocycles. The summed E-state index contributed by atoms with van der Waals surface area (Å²) in [6.45, 7) is 2.96. The molecule has 3 aromatic rings. The smallest absolute Gasteiger partial charge is 0.341 e. The van der Waals surface area contributed by atoms with Crippen molar-refractivity contribution in [3.63, 3.8) is 0 Å². The minimum atomic E-state index is -1.35. The average Bonchev–Trinajstić information content (AvgIpc) is 2.69. The van der Waals surface area contributed by atoms with Gasteiger partial charge in [0.05, 0.1) is 42.9 Å². The zero-order chi connectivity index (χ0) is 19.9. The summed E-state index contributed by atoms with van der Waals surface area (Å²) in [6.07, 6.45) is 4.45. The number of quaternary nitrogens is 1. The highest BCUT2D eigenvalue weighted by Crippen LogP contribution is 2.30. The molecule has 2 N–H and O–H groups in total. The minimum absolute atomic E-state index is 0.0340. The second-order valence-electron chi connectivity index (χ2n) is 7.17. The molecular weight excluding hydrogens is 363 g/mol. The number of nitrogens with zero attached hydrogens (tertiary/aromatic N) is 3. The summed E-state index contributed by atoms with van der Waals surface area (Å²) in [5, 5.41) is 12.7. The first kappa shape index (κ1) is 18.3. The van der Waals surface area contributed by atoms with Gasteiger partial charge in [0.1, 0.15) is 5.56 Å². The van der Waals surface area contributed by atoms with Crippen molar-refractivity contribution in [1.29, 1.82) is 0 Å². The first-order valence-corrected chi connectivity index (χ1v) is 8.99. The van der Waals surface area contributed by atoms with Gasteiger partial charge >= 0.3 is 5.97 Å².